The van der Waals surface area contributed by atoms with Crippen molar-refractivity contribution in [2.24, 2.45) is 5.73 Å². The third-order valence-electron chi connectivity index (χ3n) is 5.13. The van der Waals surface area contributed by atoms with Crippen molar-refractivity contribution in [2.45, 2.75) is 24.3 Å². The quantitative estimate of drug-likeness (QED) is 0.205. The average Bonchev–Trinajstić information content (AvgIpc) is 2.85. The molecule has 0 aromatic heterocycles. The Morgan fingerprint density at radius 2 is 2.00 bits per heavy atom. The molecule has 2 aliphatic heterocycles. The Bertz CT molecular complexity index is 907. The molecule has 2 aliphatic rings. The standard InChI is InChI=1S/C21H27N3O6S3/c1-27-14-6-4-12(5-7-14)9-30-20(26)17-13(10-32-19-16(22)18(25)24(17)19)11-33-21(31)23-8-15(28-2)29-3/h4-7,15-16,19H,8-11,22H2,1-3H3,(H,23,31)/t16-,19-/m1/s1. The summed E-state index contributed by atoms with van der Waals surface area (Å²) in [5.74, 6) is 0.872. The summed E-state index contributed by atoms with van der Waals surface area (Å²) in [6.07, 6.45) is -0.419. The number of hydrogen-bond donors (Lipinski definition) is 2. The van der Waals surface area contributed by atoms with Gasteiger partial charge in [-0.15, -0.1) is 11.8 Å². The number of nitrogens with one attached hydrogen (secondary N) is 1. The highest BCUT2D eigenvalue weighted by Gasteiger charge is 2.52. The molecule has 0 aliphatic carbocycles. The monoisotopic (exact) mass is 513 g/mol. The van der Waals surface area contributed by atoms with E-state index in [1.165, 1.54) is 28.4 Å². The van der Waals surface area contributed by atoms with Gasteiger partial charge in [0.2, 0.25) is 5.91 Å². The molecular weight excluding hydrogens is 486 g/mol. The topological polar surface area (TPSA) is 112 Å². The number of carbonyl (C=O) groups is 2. The predicted octanol–water partition coefficient (Wildman–Crippen LogP) is 1.46. The summed E-state index contributed by atoms with van der Waals surface area (Å²) in [5.41, 5.74) is 7.79. The molecule has 12 heteroatoms. The van der Waals surface area contributed by atoms with Crippen molar-refractivity contribution in [1.82, 2.24) is 10.2 Å². The van der Waals surface area contributed by atoms with Crippen molar-refractivity contribution in [3.63, 3.8) is 0 Å². The Hall–Kier alpha value is -1.83. The smallest absolute Gasteiger partial charge is 0.355 e. The van der Waals surface area contributed by atoms with Crippen LogP contribution in [0.3, 0.4) is 0 Å². The molecule has 2 heterocycles. The maximum Gasteiger partial charge on any atom is 0.355 e. The Kier molecular flexibility index (Phi) is 9.41. The van der Waals surface area contributed by atoms with E-state index in [-0.39, 0.29) is 23.6 Å². The van der Waals surface area contributed by atoms with Crippen LogP contribution >= 0.6 is 35.7 Å². The lowest BCUT2D eigenvalue weighted by Gasteiger charge is -2.48. The first-order valence-corrected chi connectivity index (χ1v) is 12.5. The number of benzene rings is 1. The molecule has 0 unspecified atom stereocenters. The fourth-order valence-electron chi connectivity index (χ4n) is 3.25. The summed E-state index contributed by atoms with van der Waals surface area (Å²) in [4.78, 5) is 26.9. The van der Waals surface area contributed by atoms with Gasteiger partial charge in [-0.3, -0.25) is 9.69 Å². The van der Waals surface area contributed by atoms with E-state index in [0.717, 1.165) is 11.1 Å². The number of esters is 1. The Labute approximate surface area is 206 Å². The molecule has 180 valence electrons. The summed E-state index contributed by atoms with van der Waals surface area (Å²) < 4.78 is 21.5. The van der Waals surface area contributed by atoms with Crippen LogP contribution in [0.25, 0.3) is 0 Å². The summed E-state index contributed by atoms with van der Waals surface area (Å²) in [7, 11) is 4.68. The van der Waals surface area contributed by atoms with Crippen molar-refractivity contribution in [1.29, 1.82) is 0 Å². The largest absolute Gasteiger partial charge is 0.497 e. The van der Waals surface area contributed by atoms with E-state index in [0.29, 0.717) is 28.1 Å². The number of thiocarbonyl (C=S) groups is 1. The highest BCUT2D eigenvalue weighted by molar-refractivity contribution is 8.23. The van der Waals surface area contributed by atoms with E-state index in [2.05, 4.69) is 5.32 Å². The van der Waals surface area contributed by atoms with Crippen LogP contribution in [0.15, 0.2) is 35.5 Å². The van der Waals surface area contributed by atoms with Gasteiger partial charge in [0.05, 0.1) is 13.7 Å². The van der Waals surface area contributed by atoms with Gasteiger partial charge >= 0.3 is 5.97 Å². The summed E-state index contributed by atoms with van der Waals surface area (Å²) in [5, 5.41) is 2.80. The maximum atomic E-state index is 13.0. The van der Waals surface area contributed by atoms with Gasteiger partial charge in [0.1, 0.15) is 33.8 Å². The molecule has 0 saturated carbocycles. The number of rotatable bonds is 10. The van der Waals surface area contributed by atoms with E-state index in [1.807, 2.05) is 12.1 Å². The number of amides is 1. The highest BCUT2D eigenvalue weighted by atomic mass is 32.2. The zero-order valence-corrected chi connectivity index (χ0v) is 21.0. The van der Waals surface area contributed by atoms with Crippen molar-refractivity contribution < 1.29 is 28.5 Å². The molecule has 0 radical (unpaired) electrons. The van der Waals surface area contributed by atoms with E-state index in [4.69, 9.17) is 36.9 Å². The van der Waals surface area contributed by atoms with E-state index in [1.54, 1.807) is 33.5 Å². The van der Waals surface area contributed by atoms with E-state index < -0.39 is 18.3 Å². The van der Waals surface area contributed by atoms with Crippen LogP contribution in [-0.2, 0) is 30.4 Å². The van der Waals surface area contributed by atoms with Gasteiger partial charge in [-0.25, -0.2) is 4.79 Å². The molecule has 1 aromatic rings. The third kappa shape index (κ3) is 6.19. The molecule has 3 rings (SSSR count). The minimum Gasteiger partial charge on any atom is -0.497 e. The zero-order valence-electron chi connectivity index (χ0n) is 18.6. The molecule has 33 heavy (non-hydrogen) atoms. The number of methoxy groups -OCH3 is 3. The second-order valence-corrected chi connectivity index (χ2v) is 9.93. The molecule has 1 fully saturated rings. The number of nitrogens with zero attached hydrogens (tertiary/aromatic N) is 1. The number of thioether (sulfide) groups is 2. The Morgan fingerprint density at radius 3 is 2.64 bits per heavy atom. The van der Waals surface area contributed by atoms with Crippen molar-refractivity contribution in [3.05, 3.63) is 41.1 Å². The number of fused-ring (bicyclic) bond motifs is 1. The lowest BCUT2D eigenvalue weighted by atomic mass is 10.0. The normalized spacial score (nSPS) is 19.8. The number of nitrogens with two attached hydrogens (primary N) is 1. The number of hydrogen-bond acceptors (Lipinski definition) is 10. The van der Waals surface area contributed by atoms with Crippen LogP contribution in [0.5, 0.6) is 5.75 Å². The summed E-state index contributed by atoms with van der Waals surface area (Å²) in [6.45, 7) is 0.471. The van der Waals surface area contributed by atoms with Gasteiger partial charge < -0.3 is 30.0 Å². The van der Waals surface area contributed by atoms with Crippen LogP contribution < -0.4 is 15.8 Å². The van der Waals surface area contributed by atoms with E-state index >= 15 is 0 Å². The molecule has 1 saturated heterocycles. The average molecular weight is 514 g/mol. The number of carbonyl (C=O) groups excluding carboxylic acids is 2. The predicted molar refractivity (Wildman–Crippen MR) is 132 cm³/mol. The van der Waals surface area contributed by atoms with Crippen LogP contribution in [-0.4, -0.2) is 78.2 Å². The van der Waals surface area contributed by atoms with Gasteiger partial charge in [0, 0.05) is 25.7 Å². The van der Waals surface area contributed by atoms with Crippen LogP contribution in [0.1, 0.15) is 5.56 Å². The molecule has 3 N–H and O–H groups in total. The number of ether oxygens (including phenoxy) is 4. The number of β-lactam (4-membered cyclic amide) rings is 1. The minimum atomic E-state index is -0.614. The first-order chi connectivity index (χ1) is 15.9. The molecule has 9 nitrogen and oxygen atoms in total. The van der Waals surface area contributed by atoms with Gasteiger partial charge in [0.25, 0.3) is 0 Å². The van der Waals surface area contributed by atoms with Crippen LogP contribution in [0.4, 0.5) is 0 Å². The molecule has 0 bridgehead atoms. The highest BCUT2D eigenvalue weighted by Crippen LogP contribution is 2.40. The molecule has 0 spiro atoms. The fourth-order valence-corrected chi connectivity index (χ4v) is 5.66. The van der Waals surface area contributed by atoms with E-state index in [9.17, 15) is 9.59 Å². The van der Waals surface area contributed by atoms with Gasteiger partial charge in [-0.2, -0.15) is 0 Å². The lowest BCUT2D eigenvalue weighted by Crippen LogP contribution is -2.68. The second-order valence-electron chi connectivity index (χ2n) is 7.17. The second kappa shape index (κ2) is 12.0. The van der Waals surface area contributed by atoms with Crippen molar-refractivity contribution in [2.75, 3.05) is 39.4 Å². The SMILES string of the molecule is COc1ccc(COC(=O)C2=C(CSC(=S)NCC(OC)OC)CS[C@@H]3[C@H](N)C(=O)N23)cc1. The van der Waals surface area contributed by atoms with Crippen molar-refractivity contribution >= 4 is 51.9 Å². The van der Waals surface area contributed by atoms with Gasteiger partial charge in [0.15, 0.2) is 6.29 Å². The molecule has 1 amide bonds. The Morgan fingerprint density at radius 1 is 1.30 bits per heavy atom. The van der Waals surface area contributed by atoms with Gasteiger partial charge in [-0.1, -0.05) is 36.1 Å². The molecule has 1 aromatic carbocycles. The van der Waals surface area contributed by atoms with Crippen molar-refractivity contribution in [3.8, 4) is 5.75 Å². The van der Waals surface area contributed by atoms with Crippen LogP contribution in [0, 0.1) is 0 Å². The lowest BCUT2D eigenvalue weighted by molar-refractivity contribution is -0.151. The van der Waals surface area contributed by atoms with Crippen LogP contribution in [0.2, 0.25) is 0 Å². The minimum absolute atomic E-state index is 0.0774. The fraction of sp³-hybridized carbons (Fsp3) is 0.476. The summed E-state index contributed by atoms with van der Waals surface area (Å²) >= 11 is 8.27. The molecule has 2 atom stereocenters. The summed E-state index contributed by atoms with van der Waals surface area (Å²) in [6, 6.07) is 6.61. The zero-order chi connectivity index (χ0) is 24.0. The van der Waals surface area contributed by atoms with Gasteiger partial charge in [-0.05, 0) is 23.3 Å². The first-order valence-electron chi connectivity index (χ1n) is 10.1. The first kappa shape index (κ1) is 25.8. The molecular formula is C21H27N3O6S3. The third-order valence-corrected chi connectivity index (χ3v) is 7.88. The Balaban J connectivity index is 1.67. The maximum absolute atomic E-state index is 13.0.